The van der Waals surface area contributed by atoms with Gasteiger partial charge in [-0.3, -0.25) is 9.59 Å². The highest BCUT2D eigenvalue weighted by molar-refractivity contribution is 9.10. The van der Waals surface area contributed by atoms with Gasteiger partial charge in [-0.1, -0.05) is 42.5 Å². The lowest BCUT2D eigenvalue weighted by atomic mass is 9.97. The molecule has 8 nitrogen and oxygen atoms in total. The number of halogens is 2. The highest BCUT2D eigenvalue weighted by Crippen LogP contribution is 2.40. The van der Waals surface area contributed by atoms with Gasteiger partial charge in [0.05, 0.1) is 25.6 Å². The van der Waals surface area contributed by atoms with Crippen molar-refractivity contribution < 1.29 is 23.5 Å². The van der Waals surface area contributed by atoms with Gasteiger partial charge < -0.3 is 20.1 Å². The maximum atomic E-state index is 16.3. The summed E-state index contributed by atoms with van der Waals surface area (Å²) >= 11 is 3.76. The SMILES string of the molecule is COc1nc(-c2cccc(-c3cccc(-c4ccc(CNC[C@@H]5CCC(=O)C5)c(OC)n4)c3Br)c2F)ccc1CCC[C@@H]1CCC(=O)N1. The molecule has 1 aliphatic carbocycles. The van der Waals surface area contributed by atoms with Gasteiger partial charge in [0.2, 0.25) is 17.7 Å². The number of carbonyl (C=O) groups excluding carboxylic acids is 2. The van der Waals surface area contributed by atoms with Crippen LogP contribution < -0.4 is 20.1 Å². The van der Waals surface area contributed by atoms with Crippen LogP contribution in [0.15, 0.2) is 65.1 Å². The number of pyridine rings is 2. The number of carbonyl (C=O) groups is 2. The third kappa shape index (κ3) is 7.60. The molecule has 2 aliphatic rings. The lowest BCUT2D eigenvalue weighted by Crippen LogP contribution is -2.25. The number of ether oxygens (including phenoxy) is 2. The highest BCUT2D eigenvalue weighted by Gasteiger charge is 2.23. The average Bonchev–Trinajstić information content (AvgIpc) is 3.72. The Hall–Kier alpha value is -4.15. The van der Waals surface area contributed by atoms with Gasteiger partial charge in [-0.25, -0.2) is 14.4 Å². The number of amides is 1. The molecule has 2 aromatic heterocycles. The molecule has 0 spiro atoms. The molecule has 3 heterocycles. The molecule has 1 amide bonds. The van der Waals surface area contributed by atoms with E-state index in [1.807, 2.05) is 48.5 Å². The van der Waals surface area contributed by atoms with Gasteiger partial charge in [0.15, 0.2) is 0 Å². The summed E-state index contributed by atoms with van der Waals surface area (Å²) in [5, 5.41) is 6.46. The largest absolute Gasteiger partial charge is 0.481 e. The summed E-state index contributed by atoms with van der Waals surface area (Å²) in [6.45, 7) is 1.37. The lowest BCUT2D eigenvalue weighted by molar-refractivity contribution is -0.119. The van der Waals surface area contributed by atoms with Crippen molar-refractivity contribution in [1.29, 1.82) is 0 Å². The molecule has 0 bridgehead atoms. The normalized spacial score (nSPS) is 17.5. The van der Waals surface area contributed by atoms with Gasteiger partial charge in [-0.05, 0) is 84.3 Å². The zero-order valence-electron chi connectivity index (χ0n) is 27.3. The molecule has 0 unspecified atom stereocenters. The van der Waals surface area contributed by atoms with E-state index >= 15 is 4.39 Å². The van der Waals surface area contributed by atoms with Gasteiger partial charge in [0.1, 0.15) is 11.6 Å². The Morgan fingerprint density at radius 1 is 0.854 bits per heavy atom. The minimum Gasteiger partial charge on any atom is -0.481 e. The van der Waals surface area contributed by atoms with Crippen LogP contribution in [0.3, 0.4) is 0 Å². The van der Waals surface area contributed by atoms with Gasteiger partial charge in [-0.15, -0.1) is 0 Å². The van der Waals surface area contributed by atoms with Gasteiger partial charge in [0, 0.05) is 64.1 Å². The molecule has 1 aliphatic heterocycles. The zero-order chi connectivity index (χ0) is 33.6. The maximum absolute atomic E-state index is 16.3. The molecule has 0 radical (unpaired) electrons. The topological polar surface area (TPSA) is 102 Å². The van der Waals surface area contributed by atoms with Gasteiger partial charge in [0.25, 0.3) is 0 Å². The van der Waals surface area contributed by atoms with E-state index in [-0.39, 0.29) is 17.8 Å². The summed E-state index contributed by atoms with van der Waals surface area (Å²) in [5.74, 6) is 1.46. The molecule has 10 heteroatoms. The smallest absolute Gasteiger partial charge is 0.220 e. The van der Waals surface area contributed by atoms with Crippen molar-refractivity contribution in [2.45, 2.75) is 64.0 Å². The van der Waals surface area contributed by atoms with E-state index in [1.54, 1.807) is 26.4 Å². The highest BCUT2D eigenvalue weighted by atomic mass is 79.9. The second-order valence-electron chi connectivity index (χ2n) is 12.5. The molecule has 2 atom stereocenters. The number of methoxy groups -OCH3 is 2. The Kier molecular flexibility index (Phi) is 10.8. The molecule has 2 N–H and O–H groups in total. The summed E-state index contributed by atoms with van der Waals surface area (Å²) in [5.41, 5.74) is 5.36. The Morgan fingerprint density at radius 2 is 1.52 bits per heavy atom. The molecular weight excluding hydrogens is 675 g/mol. The Bertz CT molecular complexity index is 1680. The first-order valence-corrected chi connectivity index (χ1v) is 17.3. The fraction of sp³-hybridized carbons (Fsp3) is 0.368. The van der Waals surface area contributed by atoms with E-state index in [2.05, 4.69) is 26.6 Å². The van der Waals surface area contributed by atoms with Crippen molar-refractivity contribution in [1.82, 2.24) is 20.6 Å². The van der Waals surface area contributed by atoms with E-state index in [0.717, 1.165) is 55.3 Å². The average molecular weight is 716 g/mol. The van der Waals surface area contributed by atoms with Crippen LogP contribution in [0.25, 0.3) is 33.6 Å². The first-order chi connectivity index (χ1) is 23.3. The van der Waals surface area contributed by atoms with Crippen molar-refractivity contribution in [2.24, 2.45) is 5.92 Å². The molecular formula is C38H40BrFN4O4. The number of ketones is 1. The molecule has 2 fully saturated rings. The van der Waals surface area contributed by atoms with Crippen LogP contribution in [-0.4, -0.2) is 48.5 Å². The first kappa shape index (κ1) is 33.7. The molecule has 48 heavy (non-hydrogen) atoms. The zero-order valence-corrected chi connectivity index (χ0v) is 28.9. The summed E-state index contributed by atoms with van der Waals surface area (Å²) in [4.78, 5) is 32.6. The fourth-order valence-corrected chi connectivity index (χ4v) is 7.38. The first-order valence-electron chi connectivity index (χ1n) is 16.5. The number of Topliss-reactive ketones (excluding diaryl/α,β-unsaturated/α-hetero) is 1. The van der Waals surface area contributed by atoms with E-state index in [0.29, 0.717) is 81.8 Å². The van der Waals surface area contributed by atoms with E-state index in [4.69, 9.17) is 19.4 Å². The van der Waals surface area contributed by atoms with Crippen molar-refractivity contribution in [3.05, 3.63) is 82.1 Å². The van der Waals surface area contributed by atoms with Crippen LogP contribution in [0.5, 0.6) is 11.8 Å². The molecule has 1 saturated carbocycles. The van der Waals surface area contributed by atoms with Crippen molar-refractivity contribution >= 4 is 27.6 Å². The van der Waals surface area contributed by atoms with E-state index in [9.17, 15) is 9.59 Å². The summed E-state index contributed by atoms with van der Waals surface area (Å²) in [6.07, 6.45) is 6.28. The standard InChI is InChI=1S/C38H40BrFN4O4/c1-47-37-24(6-3-7-26-15-19-34(46)42-26)13-17-33(44-37)31-11-5-9-29(36(31)40)28-8-4-10-30(35(28)39)32-18-14-25(38(43-32)48-2)22-41-21-23-12-16-27(45)20-23/h4-5,8-11,13-14,17-18,23,26,41H,3,6-7,12,15-16,19-22H2,1-2H3,(H,42,46)/t23-,26-/m1/s1. The number of nitrogens with one attached hydrogen (secondary N) is 2. The van der Waals surface area contributed by atoms with Crippen LogP contribution in [0.4, 0.5) is 4.39 Å². The number of nitrogens with zero attached hydrogens (tertiary/aromatic N) is 2. The van der Waals surface area contributed by atoms with Crippen LogP contribution in [0.2, 0.25) is 0 Å². The second-order valence-corrected chi connectivity index (χ2v) is 13.3. The minimum atomic E-state index is -0.384. The third-order valence-electron chi connectivity index (χ3n) is 9.28. The predicted octanol–water partition coefficient (Wildman–Crippen LogP) is 7.46. The summed E-state index contributed by atoms with van der Waals surface area (Å²) < 4.78 is 28.3. The Morgan fingerprint density at radius 3 is 2.21 bits per heavy atom. The monoisotopic (exact) mass is 714 g/mol. The molecule has 4 aromatic rings. The van der Waals surface area contributed by atoms with Crippen molar-refractivity contribution in [2.75, 3.05) is 20.8 Å². The molecule has 2 aromatic carbocycles. The van der Waals surface area contributed by atoms with E-state index < -0.39 is 0 Å². The minimum absolute atomic E-state index is 0.122. The maximum Gasteiger partial charge on any atom is 0.220 e. The van der Waals surface area contributed by atoms with Gasteiger partial charge >= 0.3 is 0 Å². The number of hydrogen-bond donors (Lipinski definition) is 2. The van der Waals surface area contributed by atoms with Crippen molar-refractivity contribution in [3.8, 4) is 45.4 Å². The summed E-state index contributed by atoms with van der Waals surface area (Å²) in [6, 6.07) is 19.0. The summed E-state index contributed by atoms with van der Waals surface area (Å²) in [7, 11) is 3.18. The molecule has 6 rings (SSSR count). The number of aryl methyl sites for hydroxylation is 1. The number of benzene rings is 2. The van der Waals surface area contributed by atoms with Crippen molar-refractivity contribution in [3.63, 3.8) is 0 Å². The fourth-order valence-electron chi connectivity index (χ4n) is 6.70. The number of hydrogen-bond acceptors (Lipinski definition) is 7. The molecule has 1 saturated heterocycles. The van der Waals surface area contributed by atoms with Gasteiger partial charge in [-0.2, -0.15) is 0 Å². The Labute approximate surface area is 289 Å². The predicted molar refractivity (Wildman–Crippen MR) is 187 cm³/mol. The van der Waals surface area contributed by atoms with Crippen LogP contribution >= 0.6 is 15.9 Å². The third-order valence-corrected chi connectivity index (χ3v) is 10.1. The van der Waals surface area contributed by atoms with Crippen LogP contribution in [0.1, 0.15) is 56.1 Å². The number of aromatic nitrogens is 2. The molecule has 250 valence electrons. The Balaban J connectivity index is 1.20. The number of rotatable bonds is 13. The lowest BCUT2D eigenvalue weighted by Gasteiger charge is -2.15. The quantitative estimate of drug-likeness (QED) is 0.148. The van der Waals surface area contributed by atoms with Crippen LogP contribution in [-0.2, 0) is 22.6 Å². The van der Waals surface area contributed by atoms with E-state index in [1.165, 1.54) is 0 Å². The second kappa shape index (κ2) is 15.4. The van der Waals surface area contributed by atoms with Crippen LogP contribution in [0, 0.1) is 11.7 Å².